The van der Waals surface area contributed by atoms with Crippen molar-refractivity contribution in [3.8, 4) is 5.75 Å². The summed E-state index contributed by atoms with van der Waals surface area (Å²) in [6.07, 6.45) is 0. The van der Waals surface area contributed by atoms with Crippen LogP contribution < -0.4 is 4.74 Å². The highest BCUT2D eigenvalue weighted by Crippen LogP contribution is 2.26. The minimum atomic E-state index is -0.216. The van der Waals surface area contributed by atoms with Crippen LogP contribution in [0.4, 0.5) is 0 Å². The maximum atomic E-state index is 11.9. The number of halogens is 2. The van der Waals surface area contributed by atoms with Gasteiger partial charge in [-0.1, -0.05) is 28.1 Å². The number of ether oxygens (including phenoxy) is 1. The number of rotatable bonds is 5. The van der Waals surface area contributed by atoms with Gasteiger partial charge in [-0.2, -0.15) is 0 Å². The zero-order valence-electron chi connectivity index (χ0n) is 9.30. The summed E-state index contributed by atoms with van der Waals surface area (Å²) < 4.78 is 5.45. The summed E-state index contributed by atoms with van der Waals surface area (Å²) >= 11 is 9.14. The first kappa shape index (κ1) is 13.5. The predicted molar refractivity (Wildman–Crippen MR) is 69.9 cm³/mol. The monoisotopic (exact) mass is 304 g/mol. The molecule has 0 heterocycles. The standard InChI is InChI=1S/C12H14BrClO2/c1-3-16-11-6-4-5-9(10(11)7-14)12(15)8(2)13/h4-6,8H,3,7H2,1-2H3. The van der Waals surface area contributed by atoms with E-state index in [1.54, 1.807) is 13.0 Å². The molecule has 0 N–H and O–H groups in total. The fourth-order valence-electron chi connectivity index (χ4n) is 1.44. The van der Waals surface area contributed by atoms with Gasteiger partial charge < -0.3 is 4.74 Å². The van der Waals surface area contributed by atoms with Gasteiger partial charge in [0.15, 0.2) is 5.78 Å². The molecule has 1 rings (SSSR count). The van der Waals surface area contributed by atoms with Crippen LogP contribution in [0.5, 0.6) is 5.75 Å². The Kier molecular flexibility index (Phi) is 5.29. The predicted octanol–water partition coefficient (Wildman–Crippen LogP) is 3.79. The van der Waals surface area contributed by atoms with Crippen molar-refractivity contribution in [3.05, 3.63) is 29.3 Å². The van der Waals surface area contributed by atoms with Crippen molar-refractivity contribution in [1.29, 1.82) is 0 Å². The highest BCUT2D eigenvalue weighted by atomic mass is 79.9. The maximum absolute atomic E-state index is 11.9. The van der Waals surface area contributed by atoms with Crippen LogP contribution in [0.15, 0.2) is 18.2 Å². The van der Waals surface area contributed by atoms with Crippen molar-refractivity contribution in [2.24, 2.45) is 0 Å². The summed E-state index contributed by atoms with van der Waals surface area (Å²) in [5.74, 6) is 0.991. The van der Waals surface area contributed by atoms with Crippen LogP contribution in [0.1, 0.15) is 29.8 Å². The molecule has 0 aliphatic carbocycles. The Morgan fingerprint density at radius 1 is 1.56 bits per heavy atom. The fourth-order valence-corrected chi connectivity index (χ4v) is 1.96. The SMILES string of the molecule is CCOc1cccc(C(=O)C(C)Br)c1CCl. The van der Waals surface area contributed by atoms with Gasteiger partial charge in [-0.3, -0.25) is 4.79 Å². The molecule has 0 aliphatic rings. The number of Topliss-reactive ketones (excluding diaryl/α,β-unsaturated/α-hetero) is 1. The van der Waals surface area contributed by atoms with E-state index in [1.807, 2.05) is 19.1 Å². The van der Waals surface area contributed by atoms with E-state index in [9.17, 15) is 4.79 Å². The molecule has 1 atom stereocenters. The van der Waals surface area contributed by atoms with Crippen LogP contribution >= 0.6 is 27.5 Å². The first-order chi connectivity index (χ1) is 7.61. The molecule has 0 spiro atoms. The third-order valence-electron chi connectivity index (χ3n) is 2.19. The van der Waals surface area contributed by atoms with Crippen LogP contribution in [0, 0.1) is 0 Å². The zero-order valence-corrected chi connectivity index (χ0v) is 11.6. The number of alkyl halides is 2. The van der Waals surface area contributed by atoms with Crippen molar-refractivity contribution in [2.75, 3.05) is 6.61 Å². The minimum absolute atomic E-state index is 0.0252. The molecule has 0 fully saturated rings. The maximum Gasteiger partial charge on any atom is 0.176 e. The molecule has 0 aromatic heterocycles. The average molecular weight is 306 g/mol. The molecule has 88 valence electrons. The molecule has 0 radical (unpaired) electrons. The topological polar surface area (TPSA) is 26.3 Å². The molecule has 0 bridgehead atoms. The van der Waals surface area contributed by atoms with Gasteiger partial charge in [-0.15, -0.1) is 11.6 Å². The molecule has 0 aliphatic heterocycles. The van der Waals surface area contributed by atoms with E-state index in [2.05, 4.69) is 15.9 Å². The number of benzene rings is 1. The Morgan fingerprint density at radius 2 is 2.25 bits per heavy atom. The Morgan fingerprint density at radius 3 is 2.75 bits per heavy atom. The summed E-state index contributed by atoms with van der Waals surface area (Å²) in [6.45, 7) is 4.26. The second-order valence-electron chi connectivity index (χ2n) is 3.33. The van der Waals surface area contributed by atoms with Gasteiger partial charge in [-0.05, 0) is 19.9 Å². The lowest BCUT2D eigenvalue weighted by atomic mass is 10.0. The minimum Gasteiger partial charge on any atom is -0.494 e. The molecule has 0 saturated carbocycles. The Labute approximate surface area is 109 Å². The summed E-state index contributed by atoms with van der Waals surface area (Å²) in [6, 6.07) is 5.42. The Hall–Kier alpha value is -0.540. The normalized spacial score (nSPS) is 12.2. The summed E-state index contributed by atoms with van der Waals surface area (Å²) in [4.78, 5) is 11.7. The molecule has 0 saturated heterocycles. The van der Waals surface area contributed by atoms with Gasteiger partial charge in [0, 0.05) is 11.1 Å². The van der Waals surface area contributed by atoms with E-state index in [0.29, 0.717) is 17.9 Å². The lowest BCUT2D eigenvalue weighted by Crippen LogP contribution is -2.13. The van der Waals surface area contributed by atoms with Crippen molar-refractivity contribution >= 4 is 33.3 Å². The highest BCUT2D eigenvalue weighted by Gasteiger charge is 2.18. The number of carbonyl (C=O) groups is 1. The molecule has 4 heteroatoms. The van der Waals surface area contributed by atoms with Crippen LogP contribution in [0.2, 0.25) is 0 Å². The Balaban J connectivity index is 3.18. The van der Waals surface area contributed by atoms with E-state index >= 15 is 0 Å². The van der Waals surface area contributed by atoms with Crippen LogP contribution in [-0.4, -0.2) is 17.2 Å². The molecule has 1 aromatic rings. The molecule has 1 aromatic carbocycles. The van der Waals surface area contributed by atoms with E-state index in [1.165, 1.54) is 0 Å². The van der Waals surface area contributed by atoms with E-state index in [-0.39, 0.29) is 16.5 Å². The van der Waals surface area contributed by atoms with Gasteiger partial charge in [0.25, 0.3) is 0 Å². The third kappa shape index (κ3) is 2.98. The third-order valence-corrected chi connectivity index (χ3v) is 2.88. The molecule has 1 unspecified atom stereocenters. The van der Waals surface area contributed by atoms with Gasteiger partial charge in [-0.25, -0.2) is 0 Å². The molecular weight excluding hydrogens is 291 g/mol. The van der Waals surface area contributed by atoms with Crippen molar-refractivity contribution in [2.45, 2.75) is 24.6 Å². The Bertz CT molecular complexity index is 377. The largest absolute Gasteiger partial charge is 0.494 e. The molecule has 16 heavy (non-hydrogen) atoms. The summed E-state index contributed by atoms with van der Waals surface area (Å²) in [7, 11) is 0. The number of hydrogen-bond donors (Lipinski definition) is 0. The summed E-state index contributed by atoms with van der Waals surface area (Å²) in [5.41, 5.74) is 1.40. The van der Waals surface area contributed by atoms with Gasteiger partial charge in [0.05, 0.1) is 17.3 Å². The molecular formula is C12H14BrClO2. The first-order valence-corrected chi connectivity index (χ1v) is 6.55. The van der Waals surface area contributed by atoms with E-state index in [0.717, 1.165) is 5.56 Å². The highest BCUT2D eigenvalue weighted by molar-refractivity contribution is 9.10. The van der Waals surface area contributed by atoms with Gasteiger partial charge >= 0.3 is 0 Å². The van der Waals surface area contributed by atoms with Crippen LogP contribution in [0.25, 0.3) is 0 Å². The zero-order chi connectivity index (χ0) is 12.1. The van der Waals surface area contributed by atoms with Crippen molar-refractivity contribution in [3.63, 3.8) is 0 Å². The smallest absolute Gasteiger partial charge is 0.176 e. The quantitative estimate of drug-likeness (QED) is 0.611. The van der Waals surface area contributed by atoms with Crippen molar-refractivity contribution < 1.29 is 9.53 Å². The van der Waals surface area contributed by atoms with Crippen LogP contribution in [0.3, 0.4) is 0 Å². The number of hydrogen-bond acceptors (Lipinski definition) is 2. The lowest BCUT2D eigenvalue weighted by Gasteiger charge is -2.13. The lowest BCUT2D eigenvalue weighted by molar-refractivity contribution is 0.0994. The molecule has 2 nitrogen and oxygen atoms in total. The van der Waals surface area contributed by atoms with E-state index in [4.69, 9.17) is 16.3 Å². The van der Waals surface area contributed by atoms with Crippen LogP contribution in [-0.2, 0) is 5.88 Å². The molecule has 0 amide bonds. The second-order valence-corrected chi connectivity index (χ2v) is 4.97. The van der Waals surface area contributed by atoms with Gasteiger partial charge in [0.2, 0.25) is 0 Å². The first-order valence-electron chi connectivity index (χ1n) is 5.10. The van der Waals surface area contributed by atoms with Crippen molar-refractivity contribution in [1.82, 2.24) is 0 Å². The van der Waals surface area contributed by atoms with E-state index < -0.39 is 0 Å². The second kappa shape index (κ2) is 6.26. The fraction of sp³-hybridized carbons (Fsp3) is 0.417. The summed E-state index contributed by atoms with van der Waals surface area (Å²) in [5, 5.41) is 0. The number of ketones is 1. The van der Waals surface area contributed by atoms with Gasteiger partial charge in [0.1, 0.15) is 5.75 Å². The average Bonchev–Trinajstić information content (AvgIpc) is 2.28. The number of carbonyl (C=O) groups excluding carboxylic acids is 1.